The first-order valence-electron chi connectivity index (χ1n) is 5.69. The van der Waals surface area contributed by atoms with Gasteiger partial charge in [-0.05, 0) is 24.7 Å². The van der Waals surface area contributed by atoms with E-state index in [-0.39, 0.29) is 0 Å². The number of nitrogens with zero attached hydrogens (tertiary/aromatic N) is 1. The van der Waals surface area contributed by atoms with Gasteiger partial charge in [0.2, 0.25) is 5.75 Å². The summed E-state index contributed by atoms with van der Waals surface area (Å²) in [5.74, 6) is 2.57. The molecule has 102 valence electrons. The van der Waals surface area contributed by atoms with Gasteiger partial charge in [0.15, 0.2) is 11.5 Å². The van der Waals surface area contributed by atoms with Crippen LogP contribution in [0.2, 0.25) is 0 Å². The summed E-state index contributed by atoms with van der Waals surface area (Å²) in [6.07, 6.45) is 0. The molecule has 0 spiro atoms. The minimum atomic E-state index is 0.612. The maximum absolute atomic E-state index is 5.72. The molecule has 0 amide bonds. The molecule has 0 fully saturated rings. The van der Waals surface area contributed by atoms with Gasteiger partial charge in [0.1, 0.15) is 0 Å². The molecule has 1 aromatic rings. The summed E-state index contributed by atoms with van der Waals surface area (Å²) >= 11 is 5.72. The van der Waals surface area contributed by atoms with E-state index in [1.54, 1.807) is 21.3 Å². The third-order valence-electron chi connectivity index (χ3n) is 2.64. The highest BCUT2D eigenvalue weighted by Gasteiger charge is 2.13. The molecule has 18 heavy (non-hydrogen) atoms. The lowest BCUT2D eigenvalue weighted by Gasteiger charge is -2.18. The summed E-state index contributed by atoms with van der Waals surface area (Å²) in [5, 5.41) is 0. The smallest absolute Gasteiger partial charge is 0.203 e. The molecule has 4 nitrogen and oxygen atoms in total. The summed E-state index contributed by atoms with van der Waals surface area (Å²) in [4.78, 5) is 2.13. The Morgan fingerprint density at radius 1 is 1.06 bits per heavy atom. The van der Waals surface area contributed by atoms with E-state index in [0.29, 0.717) is 23.1 Å². The third kappa shape index (κ3) is 3.68. The van der Waals surface area contributed by atoms with Crippen LogP contribution in [0, 0.1) is 0 Å². The zero-order valence-electron chi connectivity index (χ0n) is 11.3. The Hall–Kier alpha value is -1.13. The number of hydrogen-bond acceptors (Lipinski definition) is 4. The van der Waals surface area contributed by atoms with Gasteiger partial charge in [-0.15, -0.1) is 11.6 Å². The van der Waals surface area contributed by atoms with Crippen molar-refractivity contribution in [3.8, 4) is 17.2 Å². The lowest BCUT2D eigenvalue weighted by Crippen LogP contribution is -2.20. The van der Waals surface area contributed by atoms with Crippen LogP contribution < -0.4 is 14.2 Å². The predicted molar refractivity (Wildman–Crippen MR) is 73.2 cm³/mol. The molecule has 1 aromatic carbocycles. The third-order valence-corrected chi connectivity index (χ3v) is 2.81. The van der Waals surface area contributed by atoms with Crippen molar-refractivity contribution in [2.75, 3.05) is 40.8 Å². The van der Waals surface area contributed by atoms with Crippen LogP contribution in [0.15, 0.2) is 12.1 Å². The van der Waals surface area contributed by atoms with E-state index in [4.69, 9.17) is 25.8 Å². The van der Waals surface area contributed by atoms with E-state index in [2.05, 4.69) is 4.90 Å². The Labute approximate surface area is 113 Å². The predicted octanol–water partition coefficient (Wildman–Crippen LogP) is 2.38. The first-order chi connectivity index (χ1) is 8.65. The van der Waals surface area contributed by atoms with Crippen LogP contribution >= 0.6 is 11.6 Å². The number of benzene rings is 1. The Balaban J connectivity index is 2.99. The van der Waals surface area contributed by atoms with Crippen molar-refractivity contribution >= 4 is 11.6 Å². The van der Waals surface area contributed by atoms with E-state index < -0.39 is 0 Å². The molecular weight excluding hydrogens is 254 g/mol. The van der Waals surface area contributed by atoms with Gasteiger partial charge < -0.3 is 19.1 Å². The molecular formula is C13H20ClNO3. The summed E-state index contributed by atoms with van der Waals surface area (Å²) in [5.41, 5.74) is 1.09. The van der Waals surface area contributed by atoms with Crippen molar-refractivity contribution in [1.29, 1.82) is 0 Å². The normalized spacial score (nSPS) is 10.6. The van der Waals surface area contributed by atoms with Gasteiger partial charge in [0, 0.05) is 19.0 Å². The number of rotatable bonds is 7. The van der Waals surface area contributed by atoms with Crippen molar-refractivity contribution in [3.05, 3.63) is 17.7 Å². The van der Waals surface area contributed by atoms with E-state index in [1.807, 2.05) is 19.2 Å². The van der Waals surface area contributed by atoms with Crippen LogP contribution in [0.5, 0.6) is 17.2 Å². The molecule has 0 aliphatic carbocycles. The van der Waals surface area contributed by atoms with Gasteiger partial charge in [-0.25, -0.2) is 0 Å². The second kappa shape index (κ2) is 7.34. The highest BCUT2D eigenvalue weighted by Crippen LogP contribution is 2.38. The second-order valence-electron chi connectivity index (χ2n) is 3.96. The highest BCUT2D eigenvalue weighted by atomic mass is 35.5. The molecule has 0 saturated heterocycles. The average molecular weight is 274 g/mol. The van der Waals surface area contributed by atoms with Gasteiger partial charge in [-0.3, -0.25) is 0 Å². The maximum atomic E-state index is 5.72. The minimum Gasteiger partial charge on any atom is -0.493 e. The van der Waals surface area contributed by atoms with Crippen molar-refractivity contribution in [2.24, 2.45) is 0 Å². The van der Waals surface area contributed by atoms with E-state index in [9.17, 15) is 0 Å². The lowest BCUT2D eigenvalue weighted by molar-refractivity contribution is 0.318. The molecule has 1 rings (SSSR count). The molecule has 0 bridgehead atoms. The molecule has 0 aromatic heterocycles. The Morgan fingerprint density at radius 3 is 2.00 bits per heavy atom. The average Bonchev–Trinajstić information content (AvgIpc) is 2.37. The molecule has 5 heteroatoms. The van der Waals surface area contributed by atoms with Crippen LogP contribution in [0.3, 0.4) is 0 Å². The topological polar surface area (TPSA) is 30.9 Å². The summed E-state index contributed by atoms with van der Waals surface area (Å²) in [7, 11) is 6.85. The van der Waals surface area contributed by atoms with Crippen LogP contribution in [0.1, 0.15) is 5.56 Å². The van der Waals surface area contributed by atoms with E-state index in [0.717, 1.165) is 18.7 Å². The molecule has 0 aliphatic heterocycles. The van der Waals surface area contributed by atoms with E-state index >= 15 is 0 Å². The fourth-order valence-corrected chi connectivity index (χ4v) is 2.05. The minimum absolute atomic E-state index is 0.612. The Bertz CT molecular complexity index is 359. The van der Waals surface area contributed by atoms with Gasteiger partial charge in [-0.2, -0.15) is 0 Å². The molecule has 0 unspecified atom stereocenters. The fourth-order valence-electron chi connectivity index (χ4n) is 1.76. The number of alkyl halides is 1. The maximum Gasteiger partial charge on any atom is 0.203 e. The zero-order valence-corrected chi connectivity index (χ0v) is 12.1. The Kier molecular flexibility index (Phi) is 6.09. The first kappa shape index (κ1) is 14.9. The second-order valence-corrected chi connectivity index (χ2v) is 4.34. The van der Waals surface area contributed by atoms with Crippen LogP contribution in [0.4, 0.5) is 0 Å². The van der Waals surface area contributed by atoms with Crippen molar-refractivity contribution in [2.45, 2.75) is 6.54 Å². The molecule has 0 aliphatic rings. The largest absolute Gasteiger partial charge is 0.493 e. The number of halogens is 1. The SMILES string of the molecule is COc1cc(CN(C)CCCl)cc(OC)c1OC. The molecule has 0 saturated carbocycles. The summed E-state index contributed by atoms with van der Waals surface area (Å²) < 4.78 is 15.9. The van der Waals surface area contributed by atoms with Crippen molar-refractivity contribution < 1.29 is 14.2 Å². The molecule has 0 radical (unpaired) electrons. The molecule has 0 N–H and O–H groups in total. The van der Waals surface area contributed by atoms with Gasteiger partial charge in [-0.1, -0.05) is 0 Å². The number of ether oxygens (including phenoxy) is 3. The van der Waals surface area contributed by atoms with Crippen LogP contribution in [0.25, 0.3) is 0 Å². The lowest BCUT2D eigenvalue weighted by atomic mass is 10.1. The Morgan fingerprint density at radius 2 is 1.61 bits per heavy atom. The summed E-state index contributed by atoms with van der Waals surface area (Å²) in [6.45, 7) is 1.61. The number of methoxy groups -OCH3 is 3. The van der Waals surface area contributed by atoms with Crippen molar-refractivity contribution in [1.82, 2.24) is 4.90 Å². The van der Waals surface area contributed by atoms with Gasteiger partial charge in [0.25, 0.3) is 0 Å². The monoisotopic (exact) mass is 273 g/mol. The fraction of sp³-hybridized carbons (Fsp3) is 0.538. The van der Waals surface area contributed by atoms with E-state index in [1.165, 1.54) is 0 Å². The quantitative estimate of drug-likeness (QED) is 0.714. The van der Waals surface area contributed by atoms with Crippen LogP contribution in [-0.2, 0) is 6.54 Å². The standard InChI is InChI=1S/C13H20ClNO3/c1-15(6-5-14)9-10-7-11(16-2)13(18-4)12(8-10)17-3/h7-8H,5-6,9H2,1-4H3. The van der Waals surface area contributed by atoms with Crippen molar-refractivity contribution in [3.63, 3.8) is 0 Å². The van der Waals surface area contributed by atoms with Gasteiger partial charge in [0.05, 0.1) is 21.3 Å². The molecule has 0 atom stereocenters. The molecule has 0 heterocycles. The zero-order chi connectivity index (χ0) is 13.5. The summed E-state index contributed by atoms with van der Waals surface area (Å²) in [6, 6.07) is 3.90. The van der Waals surface area contributed by atoms with Crippen LogP contribution in [-0.4, -0.2) is 45.7 Å². The van der Waals surface area contributed by atoms with Gasteiger partial charge >= 0.3 is 0 Å². The highest BCUT2D eigenvalue weighted by molar-refractivity contribution is 6.18. The number of hydrogen-bond donors (Lipinski definition) is 0. The first-order valence-corrected chi connectivity index (χ1v) is 6.23.